The number of nitrogens with one attached hydrogen (secondary N) is 1. The van der Waals surface area contributed by atoms with E-state index in [-0.39, 0.29) is 44.1 Å². The third-order valence-corrected chi connectivity index (χ3v) is 6.72. The Balaban J connectivity index is 0.000000173. The molecule has 0 bridgehead atoms. The van der Waals surface area contributed by atoms with Crippen LogP contribution < -0.4 is 15.1 Å². The molecule has 0 saturated carbocycles. The van der Waals surface area contributed by atoms with Crippen molar-refractivity contribution in [3.63, 3.8) is 0 Å². The van der Waals surface area contributed by atoms with Crippen molar-refractivity contribution in [1.29, 1.82) is 0 Å². The number of thiazole rings is 2. The first-order valence-electron chi connectivity index (χ1n) is 7.79. The monoisotopic (exact) mass is 720 g/mol. The van der Waals surface area contributed by atoms with Crippen LogP contribution >= 0.6 is 54.5 Å². The summed E-state index contributed by atoms with van der Waals surface area (Å²) in [5.74, 6) is 0. The Morgan fingerprint density at radius 1 is 0.880 bits per heavy atom. The van der Waals surface area contributed by atoms with Crippen LogP contribution in [0, 0.1) is 44.1 Å². The van der Waals surface area contributed by atoms with Crippen LogP contribution in [0.5, 0.6) is 0 Å². The van der Waals surface area contributed by atoms with Gasteiger partial charge >= 0.3 is 0 Å². The fourth-order valence-corrected chi connectivity index (χ4v) is 4.91. The van der Waals surface area contributed by atoms with Crippen molar-refractivity contribution in [3.8, 4) is 0 Å². The summed E-state index contributed by atoms with van der Waals surface area (Å²) in [4.78, 5) is 13.2. The average molecular weight is 722 g/mol. The van der Waals surface area contributed by atoms with Crippen LogP contribution in [-0.2, 0) is 0 Å². The van der Waals surface area contributed by atoms with E-state index < -0.39 is 0 Å². The number of hydrogen-bond donors (Lipinski definition) is 1. The molecule has 11 heteroatoms. The van der Waals surface area contributed by atoms with E-state index in [0.29, 0.717) is 0 Å². The van der Waals surface area contributed by atoms with Gasteiger partial charge in [0.05, 0.1) is 20.0 Å². The van der Waals surface area contributed by atoms with Gasteiger partial charge in [-0.3, -0.25) is 0 Å². The fraction of sp³-hybridized carbons (Fsp3) is 0.571. The molecule has 135 valence electrons. The Bertz CT molecular complexity index is 574. The molecule has 2 saturated heterocycles. The van der Waals surface area contributed by atoms with Crippen molar-refractivity contribution in [1.82, 2.24) is 15.3 Å². The van der Waals surface area contributed by atoms with Crippen molar-refractivity contribution >= 4 is 64.8 Å². The molecule has 6 nitrogen and oxygen atoms in total. The topological polar surface area (TPSA) is 58.4 Å². The van der Waals surface area contributed by atoms with E-state index in [9.17, 15) is 0 Å². The molecule has 2 aromatic heterocycles. The predicted octanol–water partition coefficient (Wildman–Crippen LogP) is 3.41. The standard InChI is InChI=1S/C7H10BrN3S.C7H9BrN3S.Ac/c2*8-6-5-10-7(12-6)11-3-1-9-2-4-11;/h5,9H,1-4H2;5H,1-4H2;/q;-1;. The molecule has 2 aliphatic heterocycles. The van der Waals surface area contributed by atoms with Crippen LogP contribution in [0.3, 0.4) is 0 Å². The molecule has 0 aliphatic carbocycles. The second kappa shape index (κ2) is 11.9. The molecule has 0 unspecified atom stereocenters. The van der Waals surface area contributed by atoms with Crippen molar-refractivity contribution in [2.75, 3.05) is 62.2 Å². The van der Waals surface area contributed by atoms with Crippen LogP contribution in [0.25, 0.3) is 5.32 Å². The molecule has 0 spiro atoms. The summed E-state index contributed by atoms with van der Waals surface area (Å²) in [6, 6.07) is 0. The van der Waals surface area contributed by atoms with Crippen molar-refractivity contribution < 1.29 is 44.1 Å². The molecule has 2 fully saturated rings. The van der Waals surface area contributed by atoms with Gasteiger partial charge in [-0.1, -0.05) is 22.7 Å². The molecule has 2 aromatic rings. The first-order valence-corrected chi connectivity index (χ1v) is 11.0. The summed E-state index contributed by atoms with van der Waals surface area (Å²) in [6.45, 7) is 8.18. The minimum absolute atomic E-state index is 0. The molecule has 0 aromatic carbocycles. The SMILES string of the molecule is Brc1cnc(N2CCNCC2)s1.Brc1cnc(N2CC[N-]CC2)s1.[Ac]. The first-order chi connectivity index (χ1) is 11.7. The van der Waals surface area contributed by atoms with Crippen LogP contribution in [0.15, 0.2) is 20.0 Å². The second-order valence-electron chi connectivity index (χ2n) is 5.29. The van der Waals surface area contributed by atoms with Gasteiger partial charge in [0, 0.05) is 83.3 Å². The van der Waals surface area contributed by atoms with Crippen molar-refractivity contribution in [2.24, 2.45) is 0 Å². The zero-order valence-corrected chi connectivity index (χ0v) is 23.2. The van der Waals surface area contributed by atoms with Gasteiger partial charge in [-0.15, -0.1) is 13.1 Å². The van der Waals surface area contributed by atoms with Gasteiger partial charge < -0.3 is 20.4 Å². The second-order valence-corrected chi connectivity index (χ2v) is 10.1. The molecule has 2 aliphatic rings. The molecular formula is C14H19AcBr2N6S2-. The maximum absolute atomic E-state index is 4.31. The van der Waals surface area contributed by atoms with Crippen molar-refractivity contribution in [2.45, 2.75) is 0 Å². The van der Waals surface area contributed by atoms with Crippen molar-refractivity contribution in [3.05, 3.63) is 25.3 Å². The van der Waals surface area contributed by atoms with E-state index in [1.165, 1.54) is 0 Å². The maximum atomic E-state index is 4.31. The van der Waals surface area contributed by atoms with E-state index in [2.05, 4.69) is 62.3 Å². The number of anilines is 2. The number of nitrogens with zero attached hydrogens (tertiary/aromatic N) is 5. The van der Waals surface area contributed by atoms with Gasteiger partial charge in [0.2, 0.25) is 0 Å². The van der Waals surface area contributed by atoms with E-state index in [4.69, 9.17) is 0 Å². The average Bonchev–Trinajstić information content (AvgIpc) is 3.26. The Morgan fingerprint density at radius 3 is 1.80 bits per heavy atom. The predicted molar refractivity (Wildman–Crippen MR) is 110 cm³/mol. The minimum Gasteiger partial charge on any atom is -0.659 e. The number of hydrogen-bond acceptors (Lipinski definition) is 7. The van der Waals surface area contributed by atoms with Crippen LogP contribution in [-0.4, -0.2) is 62.3 Å². The normalized spacial score (nSPS) is 17.5. The minimum atomic E-state index is 0. The molecule has 25 heavy (non-hydrogen) atoms. The van der Waals surface area contributed by atoms with E-state index >= 15 is 0 Å². The third-order valence-electron chi connectivity index (χ3n) is 3.64. The molecule has 4 rings (SSSR count). The molecular weight excluding hydrogens is 703 g/mol. The van der Waals surface area contributed by atoms with Gasteiger partial charge in [0.25, 0.3) is 0 Å². The Morgan fingerprint density at radius 2 is 1.36 bits per heavy atom. The fourth-order valence-electron chi connectivity index (χ4n) is 2.44. The van der Waals surface area contributed by atoms with E-state index in [1.807, 2.05) is 12.4 Å². The molecule has 0 amide bonds. The largest absolute Gasteiger partial charge is 0.659 e. The van der Waals surface area contributed by atoms with Crippen LogP contribution in [0.4, 0.5) is 10.3 Å². The quantitative estimate of drug-likeness (QED) is 0.516. The number of piperazine rings is 2. The summed E-state index contributed by atoms with van der Waals surface area (Å²) >= 11 is 10.2. The van der Waals surface area contributed by atoms with E-state index in [1.54, 1.807) is 22.7 Å². The van der Waals surface area contributed by atoms with Gasteiger partial charge in [-0.25, -0.2) is 9.97 Å². The van der Waals surface area contributed by atoms with Gasteiger partial charge in [0.15, 0.2) is 10.3 Å². The van der Waals surface area contributed by atoms with Crippen LogP contribution in [0.1, 0.15) is 0 Å². The van der Waals surface area contributed by atoms with E-state index in [0.717, 1.165) is 70.2 Å². The zero-order chi connectivity index (χ0) is 16.8. The first kappa shape index (κ1) is 22.5. The zero-order valence-electron chi connectivity index (χ0n) is 13.7. The third kappa shape index (κ3) is 7.26. The Labute approximate surface area is 209 Å². The summed E-state index contributed by atoms with van der Waals surface area (Å²) in [5, 5.41) is 9.83. The Kier molecular flexibility index (Phi) is 10.7. The van der Waals surface area contributed by atoms with Crippen LogP contribution in [0.2, 0.25) is 0 Å². The summed E-state index contributed by atoms with van der Waals surface area (Å²) < 4.78 is 2.20. The van der Waals surface area contributed by atoms with Gasteiger partial charge in [0.1, 0.15) is 0 Å². The summed E-state index contributed by atoms with van der Waals surface area (Å²) in [5.41, 5.74) is 0. The Hall–Kier alpha value is 1.18. The number of aromatic nitrogens is 2. The number of rotatable bonds is 2. The molecule has 0 atom stereocenters. The summed E-state index contributed by atoms with van der Waals surface area (Å²) in [7, 11) is 0. The summed E-state index contributed by atoms with van der Waals surface area (Å²) in [6.07, 6.45) is 3.72. The maximum Gasteiger partial charge on any atom is 0.186 e. The van der Waals surface area contributed by atoms with Gasteiger partial charge in [-0.2, -0.15) is 0 Å². The molecule has 4 heterocycles. The number of halogens is 2. The smallest absolute Gasteiger partial charge is 0.186 e. The molecule has 1 radical (unpaired) electrons. The van der Waals surface area contributed by atoms with Gasteiger partial charge in [-0.05, 0) is 31.9 Å². The molecule has 1 N–H and O–H groups in total.